The van der Waals surface area contributed by atoms with E-state index in [1.165, 1.54) is 15.8 Å². The standard InChI is InChI=1S/C27H24N4O2/c32-26(30-15-12-22(13-16-30)21-8-2-1-3-9-21)19-31-27(33)24-11-5-4-10-23(24)25(29-31)17-20-7-6-14-28-18-20/h1-12,14,18H,13,15-17,19H2. The smallest absolute Gasteiger partial charge is 0.275 e. The van der Waals surface area contributed by atoms with E-state index < -0.39 is 0 Å². The molecule has 3 heterocycles. The maximum Gasteiger partial charge on any atom is 0.275 e. The molecule has 0 saturated carbocycles. The molecule has 0 atom stereocenters. The van der Waals surface area contributed by atoms with Gasteiger partial charge in [-0.25, -0.2) is 4.68 Å². The summed E-state index contributed by atoms with van der Waals surface area (Å²) in [6.45, 7) is 1.09. The van der Waals surface area contributed by atoms with Crippen LogP contribution in [0.3, 0.4) is 0 Å². The van der Waals surface area contributed by atoms with Gasteiger partial charge in [0.1, 0.15) is 6.54 Å². The molecule has 2 aromatic heterocycles. The van der Waals surface area contributed by atoms with Gasteiger partial charge in [0.05, 0.1) is 11.1 Å². The van der Waals surface area contributed by atoms with E-state index in [2.05, 4.69) is 28.3 Å². The van der Waals surface area contributed by atoms with Gasteiger partial charge in [-0.05, 0) is 35.3 Å². The average Bonchev–Trinajstić information content (AvgIpc) is 2.88. The summed E-state index contributed by atoms with van der Waals surface area (Å²) in [4.78, 5) is 32.1. The van der Waals surface area contributed by atoms with Gasteiger partial charge >= 0.3 is 0 Å². The Morgan fingerprint density at radius 2 is 1.73 bits per heavy atom. The summed E-state index contributed by atoms with van der Waals surface area (Å²) in [5.41, 5.74) is 3.96. The molecule has 0 fully saturated rings. The van der Waals surface area contributed by atoms with Crippen LogP contribution in [0.2, 0.25) is 0 Å². The highest BCUT2D eigenvalue weighted by Crippen LogP contribution is 2.22. The first kappa shape index (κ1) is 20.8. The number of rotatable bonds is 5. The zero-order valence-corrected chi connectivity index (χ0v) is 18.2. The molecule has 6 heteroatoms. The fourth-order valence-electron chi connectivity index (χ4n) is 4.28. The van der Waals surface area contributed by atoms with Crippen molar-refractivity contribution in [1.29, 1.82) is 0 Å². The van der Waals surface area contributed by atoms with E-state index in [1.54, 1.807) is 23.4 Å². The van der Waals surface area contributed by atoms with Crippen LogP contribution >= 0.6 is 0 Å². The van der Waals surface area contributed by atoms with Crippen molar-refractivity contribution in [2.24, 2.45) is 0 Å². The number of aromatic nitrogens is 3. The third-order valence-electron chi connectivity index (χ3n) is 6.03. The minimum absolute atomic E-state index is 0.0712. The number of pyridine rings is 1. The monoisotopic (exact) mass is 436 g/mol. The zero-order valence-electron chi connectivity index (χ0n) is 18.2. The van der Waals surface area contributed by atoms with E-state index in [9.17, 15) is 9.59 Å². The highest BCUT2D eigenvalue weighted by molar-refractivity contribution is 5.84. The maximum atomic E-state index is 13.1. The predicted molar refractivity (Wildman–Crippen MR) is 129 cm³/mol. The third-order valence-corrected chi connectivity index (χ3v) is 6.03. The van der Waals surface area contributed by atoms with Gasteiger partial charge in [0.2, 0.25) is 5.91 Å². The SMILES string of the molecule is O=C(Cn1nc(Cc2cccnc2)c2ccccc2c1=O)N1CC=C(c2ccccc2)CC1. The Morgan fingerprint density at radius 1 is 0.939 bits per heavy atom. The van der Waals surface area contributed by atoms with Crippen LogP contribution in [0.4, 0.5) is 0 Å². The summed E-state index contributed by atoms with van der Waals surface area (Å²) >= 11 is 0. The molecule has 2 aromatic carbocycles. The summed E-state index contributed by atoms with van der Waals surface area (Å²) in [6, 6.07) is 21.5. The Balaban J connectivity index is 1.40. The Labute approximate surface area is 191 Å². The topological polar surface area (TPSA) is 68.1 Å². The van der Waals surface area contributed by atoms with Gasteiger partial charge in [-0.15, -0.1) is 0 Å². The highest BCUT2D eigenvalue weighted by Gasteiger charge is 2.20. The van der Waals surface area contributed by atoms with Gasteiger partial charge in [-0.1, -0.05) is 60.7 Å². The lowest BCUT2D eigenvalue weighted by Crippen LogP contribution is -2.39. The van der Waals surface area contributed by atoms with Gasteiger partial charge in [0, 0.05) is 37.3 Å². The predicted octanol–water partition coefficient (Wildman–Crippen LogP) is 3.70. The molecule has 0 spiro atoms. The Bertz CT molecular complexity index is 1380. The molecule has 0 N–H and O–H groups in total. The number of fused-ring (bicyclic) bond motifs is 1. The van der Waals surface area contributed by atoms with Crippen LogP contribution < -0.4 is 5.56 Å². The molecule has 0 radical (unpaired) electrons. The van der Waals surface area contributed by atoms with Crippen LogP contribution in [0, 0.1) is 0 Å². The van der Waals surface area contributed by atoms with Crippen molar-refractivity contribution in [2.75, 3.05) is 13.1 Å². The second-order valence-corrected chi connectivity index (χ2v) is 8.18. The van der Waals surface area contributed by atoms with E-state index in [-0.39, 0.29) is 18.0 Å². The lowest BCUT2D eigenvalue weighted by molar-refractivity contribution is -0.131. The molecular formula is C27H24N4O2. The molecule has 6 nitrogen and oxygen atoms in total. The number of carbonyl (C=O) groups excluding carboxylic acids is 1. The Morgan fingerprint density at radius 3 is 2.45 bits per heavy atom. The number of amides is 1. The van der Waals surface area contributed by atoms with Crippen LogP contribution in [0.1, 0.15) is 23.2 Å². The van der Waals surface area contributed by atoms with Gasteiger partial charge < -0.3 is 4.90 Å². The first-order valence-electron chi connectivity index (χ1n) is 11.1. The average molecular weight is 437 g/mol. The lowest BCUT2D eigenvalue weighted by atomic mass is 9.99. The maximum absolute atomic E-state index is 13.1. The van der Waals surface area contributed by atoms with Gasteiger partial charge in [-0.2, -0.15) is 5.10 Å². The van der Waals surface area contributed by atoms with Crippen molar-refractivity contribution in [3.05, 3.63) is 112 Å². The van der Waals surface area contributed by atoms with Crippen LogP contribution in [0.25, 0.3) is 16.3 Å². The van der Waals surface area contributed by atoms with E-state index in [0.717, 1.165) is 23.1 Å². The van der Waals surface area contributed by atoms with Crippen molar-refractivity contribution >= 4 is 22.3 Å². The molecule has 0 aliphatic carbocycles. The fraction of sp³-hybridized carbons (Fsp3) is 0.185. The van der Waals surface area contributed by atoms with Crippen LogP contribution in [-0.4, -0.2) is 38.7 Å². The quantitative estimate of drug-likeness (QED) is 0.478. The van der Waals surface area contributed by atoms with E-state index >= 15 is 0 Å². The second kappa shape index (κ2) is 9.20. The molecule has 33 heavy (non-hydrogen) atoms. The fourth-order valence-corrected chi connectivity index (χ4v) is 4.28. The molecule has 164 valence electrons. The van der Waals surface area contributed by atoms with E-state index in [1.807, 2.05) is 48.5 Å². The first-order chi connectivity index (χ1) is 16.2. The molecule has 1 aliphatic heterocycles. The molecule has 5 rings (SSSR count). The molecule has 1 amide bonds. The van der Waals surface area contributed by atoms with Crippen molar-refractivity contribution < 1.29 is 4.79 Å². The number of benzene rings is 2. The molecule has 0 saturated heterocycles. The largest absolute Gasteiger partial charge is 0.337 e. The van der Waals surface area contributed by atoms with Crippen LogP contribution in [0.15, 0.2) is 90.0 Å². The first-order valence-corrected chi connectivity index (χ1v) is 11.1. The molecular weight excluding hydrogens is 412 g/mol. The Kier molecular flexibility index (Phi) is 5.81. The third kappa shape index (κ3) is 4.46. The highest BCUT2D eigenvalue weighted by atomic mass is 16.2. The summed E-state index contributed by atoms with van der Waals surface area (Å²) in [5.74, 6) is -0.101. The van der Waals surface area contributed by atoms with Crippen molar-refractivity contribution in [1.82, 2.24) is 19.7 Å². The summed E-state index contributed by atoms with van der Waals surface area (Å²) in [6.07, 6.45) is 6.95. The number of hydrogen-bond donors (Lipinski definition) is 0. The normalized spacial score (nSPS) is 13.7. The van der Waals surface area contributed by atoms with E-state index in [0.29, 0.717) is 24.9 Å². The Hall–Kier alpha value is -4.06. The van der Waals surface area contributed by atoms with Crippen molar-refractivity contribution in [2.45, 2.75) is 19.4 Å². The molecule has 4 aromatic rings. The minimum Gasteiger partial charge on any atom is -0.337 e. The van der Waals surface area contributed by atoms with Crippen LogP contribution in [-0.2, 0) is 17.8 Å². The summed E-state index contributed by atoms with van der Waals surface area (Å²) in [5, 5.41) is 5.99. The second-order valence-electron chi connectivity index (χ2n) is 8.18. The van der Waals surface area contributed by atoms with E-state index in [4.69, 9.17) is 0 Å². The lowest BCUT2D eigenvalue weighted by Gasteiger charge is -2.27. The van der Waals surface area contributed by atoms with Crippen molar-refractivity contribution in [3.8, 4) is 0 Å². The number of hydrogen-bond acceptors (Lipinski definition) is 4. The van der Waals surface area contributed by atoms with Crippen LogP contribution in [0.5, 0.6) is 0 Å². The number of carbonyl (C=O) groups is 1. The van der Waals surface area contributed by atoms with Crippen molar-refractivity contribution in [3.63, 3.8) is 0 Å². The van der Waals surface area contributed by atoms with Gasteiger partial charge in [-0.3, -0.25) is 14.6 Å². The van der Waals surface area contributed by atoms with Gasteiger partial charge in [0.15, 0.2) is 0 Å². The molecule has 0 bridgehead atoms. The van der Waals surface area contributed by atoms with Gasteiger partial charge in [0.25, 0.3) is 5.56 Å². The summed E-state index contributed by atoms with van der Waals surface area (Å²) < 4.78 is 1.31. The number of nitrogens with zero attached hydrogens (tertiary/aromatic N) is 4. The zero-order chi connectivity index (χ0) is 22.6. The molecule has 1 aliphatic rings. The summed E-state index contributed by atoms with van der Waals surface area (Å²) in [7, 11) is 0. The molecule has 0 unspecified atom stereocenters. The minimum atomic E-state index is -0.244.